The minimum atomic E-state index is 0.574. The van der Waals surface area contributed by atoms with Crippen LogP contribution in [0.25, 0.3) is 0 Å². The standard InChI is InChI=1S/C15H21N3S/c1-4-14-16-17-15(18(14)3)11-19-10-12(2)13-8-6-5-7-9-13/h5-9,12H,4,10-11H2,1-3H3. The number of rotatable bonds is 6. The molecule has 2 rings (SSSR count). The monoisotopic (exact) mass is 275 g/mol. The number of aromatic nitrogens is 3. The molecule has 1 unspecified atom stereocenters. The summed E-state index contributed by atoms with van der Waals surface area (Å²) in [4.78, 5) is 0. The molecule has 1 atom stereocenters. The molecule has 0 aliphatic carbocycles. The third-order valence-corrected chi connectivity index (χ3v) is 4.54. The first-order chi connectivity index (χ1) is 9.22. The molecule has 4 heteroatoms. The number of thioether (sulfide) groups is 1. The Morgan fingerprint density at radius 2 is 1.84 bits per heavy atom. The van der Waals surface area contributed by atoms with E-state index in [1.807, 2.05) is 11.8 Å². The molecule has 0 N–H and O–H groups in total. The molecule has 0 amide bonds. The van der Waals surface area contributed by atoms with Crippen molar-refractivity contribution in [3.8, 4) is 0 Å². The van der Waals surface area contributed by atoms with Gasteiger partial charge in [0.1, 0.15) is 11.6 Å². The highest BCUT2D eigenvalue weighted by molar-refractivity contribution is 7.98. The molecule has 0 saturated carbocycles. The molecular weight excluding hydrogens is 254 g/mol. The van der Waals surface area contributed by atoms with Crippen molar-refractivity contribution in [2.24, 2.45) is 7.05 Å². The average molecular weight is 275 g/mol. The molecule has 1 heterocycles. The summed E-state index contributed by atoms with van der Waals surface area (Å²) < 4.78 is 2.11. The van der Waals surface area contributed by atoms with Crippen molar-refractivity contribution < 1.29 is 0 Å². The molecule has 3 nitrogen and oxygen atoms in total. The van der Waals surface area contributed by atoms with Crippen LogP contribution in [0.1, 0.15) is 37.0 Å². The Morgan fingerprint density at radius 3 is 2.47 bits per heavy atom. The molecule has 102 valence electrons. The lowest BCUT2D eigenvalue weighted by Crippen LogP contribution is -2.02. The summed E-state index contributed by atoms with van der Waals surface area (Å²) in [6.07, 6.45) is 0.939. The van der Waals surface area contributed by atoms with Crippen LogP contribution in [-0.4, -0.2) is 20.5 Å². The van der Waals surface area contributed by atoms with Gasteiger partial charge in [-0.3, -0.25) is 0 Å². The van der Waals surface area contributed by atoms with Crippen molar-refractivity contribution in [3.63, 3.8) is 0 Å². The zero-order valence-electron chi connectivity index (χ0n) is 11.8. The molecule has 1 aromatic carbocycles. The fourth-order valence-electron chi connectivity index (χ4n) is 2.04. The van der Waals surface area contributed by atoms with E-state index in [0.717, 1.165) is 29.6 Å². The van der Waals surface area contributed by atoms with Crippen molar-refractivity contribution in [3.05, 3.63) is 47.5 Å². The van der Waals surface area contributed by atoms with Gasteiger partial charge in [0.2, 0.25) is 0 Å². The lowest BCUT2D eigenvalue weighted by atomic mass is 10.0. The van der Waals surface area contributed by atoms with Gasteiger partial charge in [0.05, 0.1) is 5.75 Å². The number of hydrogen-bond acceptors (Lipinski definition) is 3. The molecule has 0 fully saturated rings. The highest BCUT2D eigenvalue weighted by Gasteiger charge is 2.09. The summed E-state index contributed by atoms with van der Waals surface area (Å²) in [6, 6.07) is 10.7. The van der Waals surface area contributed by atoms with Crippen molar-refractivity contribution in [1.29, 1.82) is 0 Å². The summed E-state index contributed by atoms with van der Waals surface area (Å²) in [5, 5.41) is 8.44. The Labute approximate surface area is 119 Å². The number of aryl methyl sites for hydroxylation is 1. The normalized spacial score (nSPS) is 12.6. The average Bonchev–Trinajstić information content (AvgIpc) is 2.80. The van der Waals surface area contributed by atoms with Gasteiger partial charge < -0.3 is 4.57 Å². The summed E-state index contributed by atoms with van der Waals surface area (Å²) in [5.74, 6) is 4.75. The van der Waals surface area contributed by atoms with Gasteiger partial charge in [-0.2, -0.15) is 11.8 Å². The predicted molar refractivity (Wildman–Crippen MR) is 81.4 cm³/mol. The maximum Gasteiger partial charge on any atom is 0.142 e. The van der Waals surface area contributed by atoms with Crippen LogP contribution in [0.2, 0.25) is 0 Å². The zero-order valence-corrected chi connectivity index (χ0v) is 12.7. The minimum absolute atomic E-state index is 0.574. The second-order valence-electron chi connectivity index (χ2n) is 4.77. The first kappa shape index (κ1) is 14.1. The van der Waals surface area contributed by atoms with Crippen molar-refractivity contribution >= 4 is 11.8 Å². The van der Waals surface area contributed by atoms with Crippen molar-refractivity contribution in [2.45, 2.75) is 31.9 Å². The van der Waals surface area contributed by atoms with E-state index in [0.29, 0.717) is 5.92 Å². The van der Waals surface area contributed by atoms with Crippen LogP contribution >= 0.6 is 11.8 Å². The number of nitrogens with zero attached hydrogens (tertiary/aromatic N) is 3. The summed E-state index contributed by atoms with van der Waals surface area (Å²) in [7, 11) is 2.05. The highest BCUT2D eigenvalue weighted by atomic mass is 32.2. The van der Waals surface area contributed by atoms with Gasteiger partial charge in [0.25, 0.3) is 0 Å². The molecular formula is C15H21N3S. The van der Waals surface area contributed by atoms with Crippen LogP contribution in [0.4, 0.5) is 0 Å². The molecule has 0 bridgehead atoms. The zero-order chi connectivity index (χ0) is 13.7. The summed E-state index contributed by atoms with van der Waals surface area (Å²) in [6.45, 7) is 4.38. The van der Waals surface area contributed by atoms with E-state index in [1.165, 1.54) is 5.56 Å². The predicted octanol–water partition coefficient (Wildman–Crippen LogP) is 3.41. The van der Waals surface area contributed by atoms with Gasteiger partial charge in [-0.25, -0.2) is 0 Å². The van der Waals surface area contributed by atoms with Gasteiger partial charge in [0.15, 0.2) is 0 Å². The number of hydrogen-bond donors (Lipinski definition) is 0. The first-order valence-electron chi connectivity index (χ1n) is 6.72. The molecule has 1 aromatic heterocycles. The molecule has 2 aromatic rings. The van der Waals surface area contributed by atoms with E-state index >= 15 is 0 Å². The quantitative estimate of drug-likeness (QED) is 0.809. The van der Waals surface area contributed by atoms with Crippen LogP contribution in [0.3, 0.4) is 0 Å². The minimum Gasteiger partial charge on any atom is -0.317 e. The maximum atomic E-state index is 4.25. The molecule has 0 aliphatic heterocycles. The Bertz CT molecular complexity index is 507. The fraction of sp³-hybridized carbons (Fsp3) is 0.467. The summed E-state index contributed by atoms with van der Waals surface area (Å²) >= 11 is 1.92. The van der Waals surface area contributed by atoms with Crippen molar-refractivity contribution in [1.82, 2.24) is 14.8 Å². The van der Waals surface area contributed by atoms with E-state index in [1.54, 1.807) is 0 Å². The Hall–Kier alpha value is -1.29. The SMILES string of the molecule is CCc1nnc(CSCC(C)c2ccccc2)n1C. The molecule has 0 saturated heterocycles. The molecule has 19 heavy (non-hydrogen) atoms. The second-order valence-corrected chi connectivity index (χ2v) is 5.80. The van der Waals surface area contributed by atoms with Gasteiger partial charge in [-0.1, -0.05) is 44.2 Å². The van der Waals surface area contributed by atoms with Gasteiger partial charge >= 0.3 is 0 Å². The Balaban J connectivity index is 1.85. The van der Waals surface area contributed by atoms with Gasteiger partial charge in [0, 0.05) is 19.2 Å². The van der Waals surface area contributed by atoms with Gasteiger partial charge in [-0.05, 0) is 11.5 Å². The lowest BCUT2D eigenvalue weighted by Gasteiger charge is -2.11. The molecule has 0 spiro atoms. The van der Waals surface area contributed by atoms with Crippen molar-refractivity contribution in [2.75, 3.05) is 5.75 Å². The highest BCUT2D eigenvalue weighted by Crippen LogP contribution is 2.22. The van der Waals surface area contributed by atoms with E-state index in [4.69, 9.17) is 0 Å². The Kier molecular flexibility index (Phi) is 5.02. The van der Waals surface area contributed by atoms with Crippen LogP contribution in [0.5, 0.6) is 0 Å². The molecule has 0 radical (unpaired) electrons. The van der Waals surface area contributed by atoms with Crippen LogP contribution in [0.15, 0.2) is 30.3 Å². The smallest absolute Gasteiger partial charge is 0.142 e. The van der Waals surface area contributed by atoms with Crippen LogP contribution in [0, 0.1) is 0 Å². The number of benzene rings is 1. The largest absolute Gasteiger partial charge is 0.317 e. The van der Waals surface area contributed by atoms with Gasteiger partial charge in [-0.15, -0.1) is 10.2 Å². The second kappa shape index (κ2) is 6.75. The maximum absolute atomic E-state index is 4.25. The fourth-order valence-corrected chi connectivity index (χ4v) is 3.13. The van der Waals surface area contributed by atoms with E-state index in [2.05, 4.69) is 66.0 Å². The first-order valence-corrected chi connectivity index (χ1v) is 7.87. The van der Waals surface area contributed by atoms with E-state index in [-0.39, 0.29) is 0 Å². The third-order valence-electron chi connectivity index (χ3n) is 3.34. The van der Waals surface area contributed by atoms with Crippen LogP contribution < -0.4 is 0 Å². The van der Waals surface area contributed by atoms with E-state index < -0.39 is 0 Å². The lowest BCUT2D eigenvalue weighted by molar-refractivity contribution is 0.780. The third kappa shape index (κ3) is 3.60. The Morgan fingerprint density at radius 1 is 1.16 bits per heavy atom. The van der Waals surface area contributed by atoms with E-state index in [9.17, 15) is 0 Å². The summed E-state index contributed by atoms with van der Waals surface area (Å²) in [5.41, 5.74) is 1.40. The van der Waals surface area contributed by atoms with Crippen LogP contribution in [-0.2, 0) is 19.2 Å². The topological polar surface area (TPSA) is 30.7 Å². The molecule has 0 aliphatic rings.